The standard InChI is InChI=1S/C13H9NO3S/c1-14-9-5-3-2-4-7(9)11-8(12(14)15)6-10(18-11)13(16)17/h2-6H,1H3,(H,16,17). The largest absolute Gasteiger partial charge is 0.477 e. The first-order valence-electron chi connectivity index (χ1n) is 5.34. The number of carbonyl (C=O) groups is 1. The van der Waals surface area contributed by atoms with Gasteiger partial charge in [-0.3, -0.25) is 4.79 Å². The Hall–Kier alpha value is -2.14. The van der Waals surface area contributed by atoms with Gasteiger partial charge < -0.3 is 9.67 Å². The molecule has 0 atom stereocenters. The molecule has 2 heterocycles. The van der Waals surface area contributed by atoms with Gasteiger partial charge in [0.15, 0.2) is 0 Å². The minimum Gasteiger partial charge on any atom is -0.477 e. The molecule has 0 bridgehead atoms. The van der Waals surface area contributed by atoms with E-state index in [0.717, 1.165) is 26.9 Å². The third kappa shape index (κ3) is 1.37. The van der Waals surface area contributed by atoms with Gasteiger partial charge in [-0.2, -0.15) is 0 Å². The molecule has 18 heavy (non-hydrogen) atoms. The van der Waals surface area contributed by atoms with Crippen LogP contribution < -0.4 is 5.56 Å². The summed E-state index contributed by atoms with van der Waals surface area (Å²) in [4.78, 5) is 23.4. The number of hydrogen-bond donors (Lipinski definition) is 1. The summed E-state index contributed by atoms with van der Waals surface area (Å²) in [5.74, 6) is -0.998. The van der Waals surface area contributed by atoms with Gasteiger partial charge in [-0.1, -0.05) is 18.2 Å². The van der Waals surface area contributed by atoms with Crippen LogP contribution in [-0.2, 0) is 7.05 Å². The molecule has 90 valence electrons. The lowest BCUT2D eigenvalue weighted by molar-refractivity contribution is 0.0702. The second kappa shape index (κ2) is 3.68. The molecule has 0 radical (unpaired) electrons. The fourth-order valence-electron chi connectivity index (χ4n) is 2.10. The Morgan fingerprint density at radius 1 is 1.28 bits per heavy atom. The summed E-state index contributed by atoms with van der Waals surface area (Å²) in [6.45, 7) is 0. The fraction of sp³-hybridized carbons (Fsp3) is 0.0769. The minimum absolute atomic E-state index is 0.160. The topological polar surface area (TPSA) is 59.3 Å². The second-order valence-corrected chi connectivity index (χ2v) is 5.09. The first-order valence-corrected chi connectivity index (χ1v) is 6.16. The number of aromatic nitrogens is 1. The van der Waals surface area contributed by atoms with E-state index in [4.69, 9.17) is 5.11 Å². The van der Waals surface area contributed by atoms with Crippen LogP contribution in [0.4, 0.5) is 0 Å². The fourth-order valence-corrected chi connectivity index (χ4v) is 3.13. The van der Waals surface area contributed by atoms with Crippen molar-refractivity contribution in [3.8, 4) is 0 Å². The number of pyridine rings is 1. The van der Waals surface area contributed by atoms with Crippen LogP contribution in [0.1, 0.15) is 9.67 Å². The lowest BCUT2D eigenvalue weighted by Crippen LogP contribution is -2.16. The zero-order chi connectivity index (χ0) is 12.9. The van der Waals surface area contributed by atoms with Gasteiger partial charge in [0, 0.05) is 12.4 Å². The smallest absolute Gasteiger partial charge is 0.345 e. The molecule has 0 amide bonds. The summed E-state index contributed by atoms with van der Waals surface area (Å²) in [6.07, 6.45) is 0. The lowest BCUT2D eigenvalue weighted by Gasteiger charge is -2.05. The molecular weight excluding hydrogens is 250 g/mol. The van der Waals surface area contributed by atoms with Crippen LogP contribution in [0.2, 0.25) is 0 Å². The number of aromatic carboxylic acids is 1. The molecule has 0 saturated heterocycles. The van der Waals surface area contributed by atoms with E-state index >= 15 is 0 Å². The van der Waals surface area contributed by atoms with E-state index in [2.05, 4.69) is 0 Å². The third-order valence-corrected chi connectivity index (χ3v) is 4.14. The van der Waals surface area contributed by atoms with E-state index in [-0.39, 0.29) is 10.4 Å². The van der Waals surface area contributed by atoms with Crippen LogP contribution in [0.3, 0.4) is 0 Å². The van der Waals surface area contributed by atoms with Crippen molar-refractivity contribution in [3.63, 3.8) is 0 Å². The lowest BCUT2D eigenvalue weighted by atomic mass is 10.2. The molecule has 0 aliphatic heterocycles. The molecule has 3 aromatic rings. The molecule has 0 unspecified atom stereocenters. The van der Waals surface area contributed by atoms with E-state index in [0.29, 0.717) is 5.39 Å². The highest BCUT2D eigenvalue weighted by Gasteiger charge is 2.14. The van der Waals surface area contributed by atoms with Crippen LogP contribution in [0.25, 0.3) is 21.0 Å². The number of hydrogen-bond acceptors (Lipinski definition) is 3. The van der Waals surface area contributed by atoms with Crippen molar-refractivity contribution in [2.75, 3.05) is 0 Å². The van der Waals surface area contributed by atoms with Crippen molar-refractivity contribution in [1.82, 2.24) is 4.57 Å². The number of fused-ring (bicyclic) bond motifs is 3. The number of nitrogens with zero attached hydrogens (tertiary/aromatic N) is 1. The van der Waals surface area contributed by atoms with Crippen molar-refractivity contribution in [1.29, 1.82) is 0 Å². The highest BCUT2D eigenvalue weighted by molar-refractivity contribution is 7.21. The summed E-state index contributed by atoms with van der Waals surface area (Å²) < 4.78 is 2.29. The normalized spacial score (nSPS) is 11.2. The van der Waals surface area contributed by atoms with E-state index in [9.17, 15) is 9.59 Å². The third-order valence-electron chi connectivity index (χ3n) is 2.99. The molecule has 0 fully saturated rings. The summed E-state index contributed by atoms with van der Waals surface area (Å²) in [7, 11) is 1.70. The van der Waals surface area contributed by atoms with Gasteiger partial charge in [-0.15, -0.1) is 11.3 Å². The molecule has 5 heteroatoms. The van der Waals surface area contributed by atoms with Crippen LogP contribution in [-0.4, -0.2) is 15.6 Å². The molecule has 0 saturated carbocycles. The van der Waals surface area contributed by atoms with Gasteiger partial charge in [0.2, 0.25) is 0 Å². The molecule has 1 aromatic carbocycles. The number of carboxylic acids is 1. The Kier molecular flexibility index (Phi) is 2.24. The van der Waals surface area contributed by atoms with Gasteiger partial charge in [0.1, 0.15) is 4.88 Å². The predicted molar refractivity (Wildman–Crippen MR) is 71.5 cm³/mol. The van der Waals surface area contributed by atoms with Crippen LogP contribution in [0, 0.1) is 0 Å². The summed E-state index contributed by atoms with van der Waals surface area (Å²) in [5, 5.41) is 10.4. The van der Waals surface area contributed by atoms with E-state index < -0.39 is 5.97 Å². The minimum atomic E-state index is -0.998. The highest BCUT2D eigenvalue weighted by atomic mass is 32.1. The first kappa shape index (κ1) is 11.0. The Morgan fingerprint density at radius 2 is 2.00 bits per heavy atom. The SMILES string of the molecule is Cn1c(=O)c2cc(C(=O)O)sc2c2ccccc21. The number of thiophene rings is 1. The summed E-state index contributed by atoms with van der Waals surface area (Å²) in [5.41, 5.74) is 0.654. The van der Waals surface area contributed by atoms with Gasteiger partial charge in [0.05, 0.1) is 15.6 Å². The van der Waals surface area contributed by atoms with E-state index in [1.165, 1.54) is 6.07 Å². The second-order valence-electron chi connectivity index (χ2n) is 4.04. The van der Waals surface area contributed by atoms with Gasteiger partial charge >= 0.3 is 5.97 Å². The van der Waals surface area contributed by atoms with Crippen molar-refractivity contribution in [2.24, 2.45) is 7.05 Å². The number of para-hydroxylation sites is 1. The molecule has 0 aliphatic carbocycles. The average molecular weight is 259 g/mol. The Labute approximate surface area is 106 Å². The van der Waals surface area contributed by atoms with Gasteiger partial charge in [-0.05, 0) is 12.1 Å². The number of carboxylic acid groups (broad SMARTS) is 1. The number of rotatable bonds is 1. The summed E-state index contributed by atoms with van der Waals surface area (Å²) >= 11 is 1.14. The maximum Gasteiger partial charge on any atom is 0.345 e. The van der Waals surface area contributed by atoms with Crippen molar-refractivity contribution in [3.05, 3.63) is 45.6 Å². The van der Waals surface area contributed by atoms with Crippen molar-refractivity contribution >= 4 is 38.3 Å². The zero-order valence-corrected chi connectivity index (χ0v) is 10.3. The molecule has 0 spiro atoms. The predicted octanol–water partition coefficient (Wildman–Crippen LogP) is 2.45. The molecule has 2 aromatic heterocycles. The van der Waals surface area contributed by atoms with Gasteiger partial charge in [-0.25, -0.2) is 4.79 Å². The Morgan fingerprint density at radius 3 is 2.72 bits per heavy atom. The molecule has 0 aliphatic rings. The Bertz CT molecular complexity index is 844. The molecular formula is C13H9NO3S. The summed E-state index contributed by atoms with van der Waals surface area (Å²) in [6, 6.07) is 8.96. The first-order chi connectivity index (χ1) is 8.59. The maximum atomic E-state index is 12.2. The zero-order valence-electron chi connectivity index (χ0n) is 9.51. The molecule has 3 rings (SSSR count). The number of benzene rings is 1. The van der Waals surface area contributed by atoms with Crippen molar-refractivity contribution in [2.45, 2.75) is 0 Å². The highest BCUT2D eigenvalue weighted by Crippen LogP contribution is 2.30. The van der Waals surface area contributed by atoms with Gasteiger partial charge in [0.25, 0.3) is 5.56 Å². The molecule has 1 N–H and O–H groups in total. The van der Waals surface area contributed by atoms with Crippen LogP contribution in [0.15, 0.2) is 35.1 Å². The quantitative estimate of drug-likeness (QED) is 0.730. The molecule has 4 nitrogen and oxygen atoms in total. The monoisotopic (exact) mass is 259 g/mol. The van der Waals surface area contributed by atoms with Crippen LogP contribution in [0.5, 0.6) is 0 Å². The average Bonchev–Trinajstić information content (AvgIpc) is 2.81. The van der Waals surface area contributed by atoms with Crippen molar-refractivity contribution < 1.29 is 9.90 Å². The van der Waals surface area contributed by atoms with E-state index in [1.54, 1.807) is 11.6 Å². The number of aryl methyl sites for hydroxylation is 1. The Balaban J connectivity index is 2.61. The van der Waals surface area contributed by atoms with Crippen LogP contribution >= 0.6 is 11.3 Å². The maximum absolute atomic E-state index is 12.2. The van der Waals surface area contributed by atoms with E-state index in [1.807, 2.05) is 24.3 Å².